The second kappa shape index (κ2) is 85.1. The van der Waals surface area contributed by atoms with Gasteiger partial charge in [0.25, 0.3) is 0 Å². The molecule has 294 valence electrons. The average molecular weight is 678 g/mol. The molecule has 0 amide bonds. The molecule has 5 rings (SSSR count). The van der Waals surface area contributed by atoms with Crippen LogP contribution in [0.25, 0.3) is 0 Å². The van der Waals surface area contributed by atoms with Gasteiger partial charge in [0, 0.05) is 39.4 Å². The highest BCUT2D eigenvalue weighted by Gasteiger charge is 2.07. The molecule has 0 aromatic heterocycles. The topological polar surface area (TPSA) is 51.8 Å². The molecule has 0 radical (unpaired) electrons. The van der Waals surface area contributed by atoms with Crippen LogP contribution in [-0.2, 0) is 4.74 Å². The van der Waals surface area contributed by atoms with E-state index in [9.17, 15) is 0 Å². The first-order chi connectivity index (χ1) is 23.3. The van der Waals surface area contributed by atoms with Crippen LogP contribution in [0.15, 0.2) is 24.6 Å². The van der Waals surface area contributed by atoms with Crippen LogP contribution in [0.2, 0.25) is 0 Å². The molecule has 4 saturated heterocycles. The van der Waals surface area contributed by atoms with E-state index in [4.69, 9.17) is 4.74 Å². The van der Waals surface area contributed by atoms with Gasteiger partial charge >= 0.3 is 0 Å². The number of dihydropyridines is 1. The van der Waals surface area contributed by atoms with Gasteiger partial charge in [-0.15, -0.1) is 0 Å². The third kappa shape index (κ3) is 81.3. The van der Waals surface area contributed by atoms with Crippen molar-refractivity contribution < 1.29 is 4.74 Å². The van der Waals surface area contributed by atoms with Gasteiger partial charge in [0.15, 0.2) is 0 Å². The molecular weight excluding hydrogens is 578 g/mol. The fourth-order valence-electron chi connectivity index (χ4n) is 3.43. The lowest BCUT2D eigenvalue weighted by Gasteiger charge is -2.28. The number of piperazine rings is 1. The molecule has 0 aliphatic carbocycles. The maximum absolute atomic E-state index is 5.07. The van der Waals surface area contributed by atoms with Crippen LogP contribution in [0.1, 0.15) is 169 Å². The predicted molar refractivity (Wildman–Crippen MR) is 225 cm³/mol. The summed E-state index contributed by atoms with van der Waals surface area (Å²) in [5.74, 6) is 0. The Morgan fingerprint density at radius 3 is 0.809 bits per heavy atom. The zero-order chi connectivity index (χ0) is 38.2. The van der Waals surface area contributed by atoms with E-state index in [0.29, 0.717) is 0 Å². The number of ether oxygens (including phenoxy) is 1. The van der Waals surface area contributed by atoms with Gasteiger partial charge < -0.3 is 30.5 Å². The lowest BCUT2D eigenvalue weighted by atomic mass is 10.2. The summed E-state index contributed by atoms with van der Waals surface area (Å²) in [6, 6.07) is 0. The number of hydrogen-bond donors (Lipinski definition) is 3. The third-order valence-electron chi connectivity index (χ3n) is 5.67. The minimum Gasteiger partial charge on any atom is -0.381 e. The number of nitrogens with zero attached hydrogens (tertiary/aromatic N) is 2. The van der Waals surface area contributed by atoms with Gasteiger partial charge in [0.2, 0.25) is 0 Å². The van der Waals surface area contributed by atoms with E-state index in [2.05, 4.69) is 52.0 Å². The molecule has 0 saturated carbocycles. The fraction of sp³-hybridized carbons (Fsp3) is 0.902. The summed E-state index contributed by atoms with van der Waals surface area (Å²) < 4.78 is 5.07. The van der Waals surface area contributed by atoms with E-state index in [1.807, 2.05) is 123 Å². The van der Waals surface area contributed by atoms with Gasteiger partial charge in [0.05, 0.1) is 0 Å². The number of piperidine rings is 1. The van der Waals surface area contributed by atoms with E-state index in [0.717, 1.165) is 19.6 Å². The van der Waals surface area contributed by atoms with Crippen LogP contribution in [-0.4, -0.2) is 89.5 Å². The van der Waals surface area contributed by atoms with Crippen molar-refractivity contribution in [3.63, 3.8) is 0 Å². The molecule has 4 fully saturated rings. The Labute approximate surface area is 302 Å². The highest BCUT2D eigenvalue weighted by Crippen LogP contribution is 2.02. The molecule has 0 aromatic rings. The predicted octanol–water partition coefficient (Wildman–Crippen LogP) is 11.4. The Morgan fingerprint density at radius 2 is 0.681 bits per heavy atom. The number of rotatable bonds is 0. The average Bonchev–Trinajstić information content (AvgIpc) is 3.83. The van der Waals surface area contributed by atoms with Gasteiger partial charge in [-0.3, -0.25) is 0 Å². The number of likely N-dealkylation sites (N-methyl/N-ethyl adjacent to an activating group) is 2. The van der Waals surface area contributed by atoms with Gasteiger partial charge in [-0.25, -0.2) is 0 Å². The Hall–Kier alpha value is -0.920. The van der Waals surface area contributed by atoms with Gasteiger partial charge in [-0.1, -0.05) is 129 Å². The molecule has 3 N–H and O–H groups in total. The summed E-state index contributed by atoms with van der Waals surface area (Å²) in [6.45, 7) is 43.9. The molecule has 0 unspecified atom stereocenters. The highest BCUT2D eigenvalue weighted by atomic mass is 16.5. The lowest BCUT2D eigenvalue weighted by Crippen LogP contribution is -2.42. The van der Waals surface area contributed by atoms with Crippen LogP contribution in [0, 0.1) is 0 Å². The molecule has 5 aliphatic heterocycles. The summed E-state index contributed by atoms with van der Waals surface area (Å²) in [5.41, 5.74) is 0. The Kier molecular flexibility index (Phi) is 117. The van der Waals surface area contributed by atoms with Crippen molar-refractivity contribution in [3.05, 3.63) is 24.6 Å². The molecular formula is C41H99N5O. The minimum atomic E-state index is 1.00. The Bertz CT molecular complexity index is 341. The molecule has 0 spiro atoms. The highest BCUT2D eigenvalue weighted by molar-refractivity contribution is 4.98. The number of nitrogens with one attached hydrogen (secondary N) is 3. The van der Waals surface area contributed by atoms with Gasteiger partial charge in [-0.05, 0) is 104 Å². The monoisotopic (exact) mass is 678 g/mol. The van der Waals surface area contributed by atoms with Crippen molar-refractivity contribution in [3.8, 4) is 0 Å². The number of allylic oxidation sites excluding steroid dienone is 2. The molecule has 0 bridgehead atoms. The zero-order valence-electron chi connectivity index (χ0n) is 36.5. The molecule has 6 nitrogen and oxygen atoms in total. The van der Waals surface area contributed by atoms with E-state index in [1.165, 1.54) is 104 Å². The lowest BCUT2D eigenvalue weighted by molar-refractivity contribution is 0.0968. The maximum Gasteiger partial charge on any atom is 0.0466 e. The first-order valence-corrected chi connectivity index (χ1v) is 20.7. The quantitative estimate of drug-likeness (QED) is 0.237. The first kappa shape index (κ1) is 64.6. The molecule has 5 aliphatic rings. The second-order valence-corrected chi connectivity index (χ2v) is 8.75. The van der Waals surface area contributed by atoms with Crippen LogP contribution < -0.4 is 16.0 Å². The summed E-state index contributed by atoms with van der Waals surface area (Å²) in [5, 5.41) is 9.43. The number of hydrogen-bond acceptors (Lipinski definition) is 6. The van der Waals surface area contributed by atoms with E-state index in [1.54, 1.807) is 0 Å². The Morgan fingerprint density at radius 1 is 0.404 bits per heavy atom. The Balaban J connectivity index is -0.0000000612. The van der Waals surface area contributed by atoms with Crippen LogP contribution >= 0.6 is 0 Å². The SMILES string of the molecule is C1=CNC=CC1.C1CCNC1.C1CCNCC1.C1CCOCC1.CC.CC.CC.CC.CC.CC.CC.CC.CN1CCN(C)CC1. The molecule has 47 heavy (non-hydrogen) atoms. The summed E-state index contributed by atoms with van der Waals surface area (Å²) in [4.78, 5) is 4.72. The second-order valence-electron chi connectivity index (χ2n) is 8.75. The molecule has 0 atom stereocenters. The largest absolute Gasteiger partial charge is 0.381 e. The first-order valence-electron chi connectivity index (χ1n) is 20.7. The van der Waals surface area contributed by atoms with Crippen LogP contribution in [0.4, 0.5) is 0 Å². The van der Waals surface area contributed by atoms with Crippen molar-refractivity contribution in [1.82, 2.24) is 25.8 Å². The molecule has 5 heterocycles. The maximum atomic E-state index is 5.07. The van der Waals surface area contributed by atoms with Crippen molar-refractivity contribution in [1.29, 1.82) is 0 Å². The van der Waals surface area contributed by atoms with E-state index in [-0.39, 0.29) is 0 Å². The van der Waals surface area contributed by atoms with E-state index < -0.39 is 0 Å². The van der Waals surface area contributed by atoms with Gasteiger partial charge in [-0.2, -0.15) is 0 Å². The standard InChI is InChI=1S/C6H14N2.C5H11N.C5H7N.C5H10O.C4H9N.8C2H6/c1-7-3-5-8(2)6-4-7;3*1-2-4-6-5-3-1;1-2-4-5-3-1;8*1-2/h3-6H2,1-2H3;6H,1-5H2;2-6H,1H2;1-5H2;5H,1-4H2;8*1-2H3. The third-order valence-corrected chi connectivity index (χ3v) is 5.67. The normalized spacial score (nSPS) is 16.4. The van der Waals surface area contributed by atoms with Crippen molar-refractivity contribution in [2.45, 2.75) is 169 Å². The molecule has 6 heteroatoms. The summed E-state index contributed by atoms with van der Waals surface area (Å²) in [7, 11) is 4.35. The van der Waals surface area contributed by atoms with Crippen molar-refractivity contribution >= 4 is 0 Å². The minimum absolute atomic E-state index is 1.00. The smallest absolute Gasteiger partial charge is 0.0466 e. The fourth-order valence-corrected chi connectivity index (χ4v) is 3.43. The van der Waals surface area contributed by atoms with E-state index >= 15 is 0 Å². The van der Waals surface area contributed by atoms with Crippen LogP contribution in [0.3, 0.4) is 0 Å². The van der Waals surface area contributed by atoms with Crippen LogP contribution in [0.5, 0.6) is 0 Å². The zero-order valence-corrected chi connectivity index (χ0v) is 36.5. The van der Waals surface area contributed by atoms with Crippen molar-refractivity contribution in [2.75, 3.05) is 79.7 Å². The summed E-state index contributed by atoms with van der Waals surface area (Å²) >= 11 is 0. The summed E-state index contributed by atoms with van der Waals surface area (Å²) in [6.07, 6.45) is 20.0. The molecule has 0 aromatic carbocycles. The van der Waals surface area contributed by atoms with Crippen molar-refractivity contribution in [2.24, 2.45) is 0 Å². The van der Waals surface area contributed by atoms with Gasteiger partial charge in [0.1, 0.15) is 0 Å².